The Hall–Kier alpha value is -1.35. The average Bonchev–Trinajstić information content (AvgIpc) is 2.45. The molecule has 0 heterocycles. The standard InChI is InChI=1S/C16H26N2O/c1-3-5-9-12-17-13-16(19)18(4-2)14-15-10-7-6-8-11-15/h6-8,10-11,17H,3-5,9,12-14H2,1-2H3. The number of benzene rings is 1. The van der Waals surface area contributed by atoms with E-state index in [9.17, 15) is 4.79 Å². The van der Waals surface area contributed by atoms with Crippen molar-refractivity contribution in [2.24, 2.45) is 0 Å². The van der Waals surface area contributed by atoms with Crippen LogP contribution in [0.25, 0.3) is 0 Å². The summed E-state index contributed by atoms with van der Waals surface area (Å²) in [4.78, 5) is 14.0. The third kappa shape index (κ3) is 6.39. The molecular weight excluding hydrogens is 236 g/mol. The molecular formula is C16H26N2O. The summed E-state index contributed by atoms with van der Waals surface area (Å²) in [5.74, 6) is 0.183. The Morgan fingerprint density at radius 2 is 1.89 bits per heavy atom. The Kier molecular flexibility index (Phi) is 7.91. The maximum Gasteiger partial charge on any atom is 0.236 e. The van der Waals surface area contributed by atoms with E-state index in [1.165, 1.54) is 18.4 Å². The smallest absolute Gasteiger partial charge is 0.236 e. The van der Waals surface area contributed by atoms with E-state index in [1.54, 1.807) is 0 Å². The van der Waals surface area contributed by atoms with Gasteiger partial charge in [0, 0.05) is 13.1 Å². The third-order valence-corrected chi connectivity index (χ3v) is 3.18. The molecule has 106 valence electrons. The van der Waals surface area contributed by atoms with Crippen molar-refractivity contribution in [3.05, 3.63) is 35.9 Å². The molecule has 0 radical (unpaired) electrons. The van der Waals surface area contributed by atoms with E-state index in [0.29, 0.717) is 13.1 Å². The molecule has 3 nitrogen and oxygen atoms in total. The fourth-order valence-electron chi connectivity index (χ4n) is 1.99. The van der Waals surface area contributed by atoms with Gasteiger partial charge in [0.05, 0.1) is 6.54 Å². The molecule has 0 aliphatic carbocycles. The van der Waals surface area contributed by atoms with Crippen molar-refractivity contribution >= 4 is 5.91 Å². The molecule has 0 atom stereocenters. The maximum absolute atomic E-state index is 12.1. The molecule has 0 bridgehead atoms. The van der Waals surface area contributed by atoms with Gasteiger partial charge in [-0.1, -0.05) is 50.1 Å². The van der Waals surface area contributed by atoms with Crippen LogP contribution in [-0.2, 0) is 11.3 Å². The maximum atomic E-state index is 12.1. The summed E-state index contributed by atoms with van der Waals surface area (Å²) in [6.07, 6.45) is 3.59. The number of carbonyl (C=O) groups is 1. The van der Waals surface area contributed by atoms with Crippen molar-refractivity contribution in [2.45, 2.75) is 39.7 Å². The molecule has 1 rings (SSSR count). The highest BCUT2D eigenvalue weighted by Crippen LogP contribution is 2.04. The average molecular weight is 262 g/mol. The molecule has 0 aliphatic heterocycles. The van der Waals surface area contributed by atoms with Crippen molar-refractivity contribution in [2.75, 3.05) is 19.6 Å². The topological polar surface area (TPSA) is 32.3 Å². The molecule has 19 heavy (non-hydrogen) atoms. The zero-order valence-corrected chi connectivity index (χ0v) is 12.2. The van der Waals surface area contributed by atoms with E-state index in [0.717, 1.165) is 19.5 Å². The lowest BCUT2D eigenvalue weighted by molar-refractivity contribution is -0.130. The lowest BCUT2D eigenvalue weighted by atomic mass is 10.2. The molecule has 1 aromatic rings. The molecule has 0 saturated carbocycles. The molecule has 1 N–H and O–H groups in total. The predicted octanol–water partition coefficient (Wildman–Crippen LogP) is 2.81. The zero-order valence-electron chi connectivity index (χ0n) is 12.2. The monoisotopic (exact) mass is 262 g/mol. The van der Waals surface area contributed by atoms with E-state index >= 15 is 0 Å². The molecule has 1 aromatic carbocycles. The summed E-state index contributed by atoms with van der Waals surface area (Å²) < 4.78 is 0. The van der Waals surface area contributed by atoms with Gasteiger partial charge < -0.3 is 10.2 Å². The van der Waals surface area contributed by atoms with Crippen LogP contribution in [0.4, 0.5) is 0 Å². The predicted molar refractivity (Wildman–Crippen MR) is 79.9 cm³/mol. The first-order chi connectivity index (χ1) is 9.27. The zero-order chi connectivity index (χ0) is 13.9. The Morgan fingerprint density at radius 1 is 1.16 bits per heavy atom. The Balaban J connectivity index is 2.31. The number of unbranched alkanes of at least 4 members (excludes halogenated alkanes) is 2. The lowest BCUT2D eigenvalue weighted by Crippen LogP contribution is -2.37. The van der Waals surface area contributed by atoms with Crippen LogP contribution in [0.1, 0.15) is 38.7 Å². The van der Waals surface area contributed by atoms with Crippen LogP contribution in [0, 0.1) is 0 Å². The number of nitrogens with one attached hydrogen (secondary N) is 1. The quantitative estimate of drug-likeness (QED) is 0.694. The molecule has 0 fully saturated rings. The van der Waals surface area contributed by atoms with Crippen LogP contribution in [-0.4, -0.2) is 30.4 Å². The van der Waals surface area contributed by atoms with Crippen LogP contribution in [0.5, 0.6) is 0 Å². The van der Waals surface area contributed by atoms with Crippen molar-refractivity contribution in [3.8, 4) is 0 Å². The van der Waals surface area contributed by atoms with E-state index < -0.39 is 0 Å². The number of carbonyl (C=O) groups excluding carboxylic acids is 1. The first kappa shape index (κ1) is 15.7. The number of nitrogens with zero attached hydrogens (tertiary/aromatic N) is 1. The van der Waals surface area contributed by atoms with E-state index in [2.05, 4.69) is 24.4 Å². The Labute approximate surface area is 117 Å². The van der Waals surface area contributed by atoms with Crippen molar-refractivity contribution < 1.29 is 4.79 Å². The van der Waals surface area contributed by atoms with Gasteiger partial charge in [0.2, 0.25) is 5.91 Å². The Bertz CT molecular complexity index is 351. The van der Waals surface area contributed by atoms with Gasteiger partial charge in [-0.3, -0.25) is 4.79 Å². The van der Waals surface area contributed by atoms with Crippen molar-refractivity contribution in [3.63, 3.8) is 0 Å². The summed E-state index contributed by atoms with van der Waals surface area (Å²) >= 11 is 0. The minimum atomic E-state index is 0.183. The van der Waals surface area contributed by atoms with Gasteiger partial charge >= 0.3 is 0 Å². The largest absolute Gasteiger partial charge is 0.338 e. The SMILES string of the molecule is CCCCCNCC(=O)N(CC)Cc1ccccc1. The van der Waals surface area contributed by atoms with Gasteiger partial charge in [-0.05, 0) is 25.5 Å². The van der Waals surface area contributed by atoms with Gasteiger partial charge in [-0.15, -0.1) is 0 Å². The highest BCUT2D eigenvalue weighted by atomic mass is 16.2. The summed E-state index contributed by atoms with van der Waals surface area (Å²) in [5.41, 5.74) is 1.18. The number of hydrogen-bond donors (Lipinski definition) is 1. The number of amides is 1. The molecule has 0 spiro atoms. The van der Waals surface area contributed by atoms with Crippen molar-refractivity contribution in [1.82, 2.24) is 10.2 Å². The molecule has 0 saturated heterocycles. The normalized spacial score (nSPS) is 10.4. The van der Waals surface area contributed by atoms with E-state index in [-0.39, 0.29) is 5.91 Å². The molecule has 0 unspecified atom stereocenters. The van der Waals surface area contributed by atoms with Gasteiger partial charge in [0.25, 0.3) is 0 Å². The lowest BCUT2D eigenvalue weighted by Gasteiger charge is -2.21. The summed E-state index contributed by atoms with van der Waals surface area (Å²) in [6.45, 7) is 7.05. The second-order valence-corrected chi connectivity index (χ2v) is 4.78. The number of rotatable bonds is 9. The first-order valence-electron chi connectivity index (χ1n) is 7.30. The van der Waals surface area contributed by atoms with Crippen LogP contribution in [0.2, 0.25) is 0 Å². The summed E-state index contributed by atoms with van der Waals surface area (Å²) in [5, 5.41) is 3.23. The minimum absolute atomic E-state index is 0.183. The third-order valence-electron chi connectivity index (χ3n) is 3.18. The number of likely N-dealkylation sites (N-methyl/N-ethyl adjacent to an activating group) is 1. The molecule has 0 aliphatic rings. The van der Waals surface area contributed by atoms with E-state index in [4.69, 9.17) is 0 Å². The summed E-state index contributed by atoms with van der Waals surface area (Å²) in [6, 6.07) is 10.1. The van der Waals surface area contributed by atoms with Gasteiger partial charge in [-0.2, -0.15) is 0 Å². The van der Waals surface area contributed by atoms with Crippen LogP contribution >= 0.6 is 0 Å². The summed E-state index contributed by atoms with van der Waals surface area (Å²) in [7, 11) is 0. The van der Waals surface area contributed by atoms with Crippen LogP contribution in [0.15, 0.2) is 30.3 Å². The molecule has 3 heteroatoms. The van der Waals surface area contributed by atoms with Crippen LogP contribution < -0.4 is 5.32 Å². The highest BCUT2D eigenvalue weighted by molar-refractivity contribution is 5.78. The highest BCUT2D eigenvalue weighted by Gasteiger charge is 2.11. The van der Waals surface area contributed by atoms with Crippen LogP contribution in [0.3, 0.4) is 0 Å². The van der Waals surface area contributed by atoms with Gasteiger partial charge in [0.1, 0.15) is 0 Å². The van der Waals surface area contributed by atoms with Gasteiger partial charge in [0.15, 0.2) is 0 Å². The number of hydrogen-bond acceptors (Lipinski definition) is 2. The fraction of sp³-hybridized carbons (Fsp3) is 0.562. The van der Waals surface area contributed by atoms with E-state index in [1.807, 2.05) is 30.0 Å². The van der Waals surface area contributed by atoms with Crippen molar-refractivity contribution in [1.29, 1.82) is 0 Å². The molecule has 1 amide bonds. The minimum Gasteiger partial charge on any atom is -0.338 e. The second-order valence-electron chi connectivity index (χ2n) is 4.78. The Morgan fingerprint density at radius 3 is 2.53 bits per heavy atom. The first-order valence-corrected chi connectivity index (χ1v) is 7.30. The second kappa shape index (κ2) is 9.56. The molecule has 0 aromatic heterocycles. The fourth-order valence-corrected chi connectivity index (χ4v) is 1.99. The van der Waals surface area contributed by atoms with Gasteiger partial charge in [-0.25, -0.2) is 0 Å².